The Morgan fingerprint density at radius 2 is 1.48 bits per heavy atom. The number of hydrogen-bond acceptors (Lipinski definition) is 0. The van der Waals surface area contributed by atoms with E-state index in [1.807, 2.05) is 0 Å². The maximum atomic E-state index is 2.32. The second-order valence-electron chi connectivity index (χ2n) is 5.72. The smallest absolute Gasteiger partial charge is 0.0131 e. The number of benzene rings is 3. The van der Waals surface area contributed by atoms with Crippen LogP contribution in [-0.4, -0.2) is 0 Å². The molecule has 97 valence electrons. The van der Waals surface area contributed by atoms with E-state index in [4.69, 9.17) is 0 Å². The van der Waals surface area contributed by atoms with Gasteiger partial charge in [0.2, 0.25) is 0 Å². The Morgan fingerprint density at radius 1 is 0.619 bits per heavy atom. The zero-order valence-electron chi connectivity index (χ0n) is 11.5. The van der Waals surface area contributed by atoms with Crippen LogP contribution in [0.4, 0.5) is 0 Å². The van der Waals surface area contributed by atoms with Gasteiger partial charge in [-0.1, -0.05) is 42.5 Å². The highest BCUT2D eigenvalue weighted by molar-refractivity contribution is 5.95. The van der Waals surface area contributed by atoms with Crippen LogP contribution in [0, 0.1) is 6.42 Å². The van der Waals surface area contributed by atoms with Gasteiger partial charge >= 0.3 is 0 Å². The lowest BCUT2D eigenvalue weighted by Gasteiger charge is -2.07. The predicted octanol–water partition coefficient (Wildman–Crippen LogP) is 3.55. The minimum absolute atomic E-state index is 1.31. The minimum Gasteiger partial charge on any atom is -0.0760 e. The van der Waals surface area contributed by atoms with Crippen molar-refractivity contribution in [3.63, 3.8) is 0 Å². The molecule has 0 fully saturated rings. The first-order chi connectivity index (χ1) is 10.4. The number of fused-ring (bicyclic) bond motifs is 5. The van der Waals surface area contributed by atoms with E-state index in [0.29, 0.717) is 0 Å². The summed E-state index contributed by atoms with van der Waals surface area (Å²) in [4.78, 5) is 0. The van der Waals surface area contributed by atoms with Crippen LogP contribution in [0.2, 0.25) is 0 Å². The molecule has 21 heavy (non-hydrogen) atoms. The van der Waals surface area contributed by atoms with Crippen LogP contribution in [0.5, 0.6) is 0 Å². The average molecular weight is 265 g/mol. The lowest BCUT2D eigenvalue weighted by Crippen LogP contribution is -2.16. The zero-order valence-corrected chi connectivity index (χ0v) is 11.5. The molecule has 0 amide bonds. The molecule has 0 nitrogen and oxygen atoms in total. The van der Waals surface area contributed by atoms with Gasteiger partial charge in [-0.2, -0.15) is 0 Å². The number of allylic oxidation sites excluding steroid dienone is 2. The molecule has 0 saturated heterocycles. The molecule has 0 saturated carbocycles. The third-order valence-electron chi connectivity index (χ3n) is 4.44. The Kier molecular flexibility index (Phi) is 2.09. The maximum Gasteiger partial charge on any atom is 0.0131 e. The third kappa shape index (κ3) is 1.56. The van der Waals surface area contributed by atoms with Crippen LogP contribution in [0.1, 0.15) is 11.1 Å². The molecule has 0 unspecified atom stereocenters. The first kappa shape index (κ1) is 11.1. The SMILES string of the molecule is [CH]1C=CC=c2cc3c(cc21)=Cc1cc2ccccc2cc1-3. The van der Waals surface area contributed by atoms with Crippen molar-refractivity contribution in [3.8, 4) is 11.1 Å². The molecule has 0 spiro atoms. The standard InChI is InChI=1S/C21H13/c1-3-7-16-12-20-18(9-14(16)5-1)11-19-10-15-6-2-4-8-17(15)13-21(19)20/h1-13H. The van der Waals surface area contributed by atoms with Crippen molar-refractivity contribution in [3.05, 3.63) is 88.7 Å². The molecule has 0 bridgehead atoms. The summed E-state index contributed by atoms with van der Waals surface area (Å²) < 4.78 is 0. The van der Waals surface area contributed by atoms with Crippen LogP contribution in [0.15, 0.2) is 60.7 Å². The summed E-state index contributed by atoms with van der Waals surface area (Å²) >= 11 is 0. The van der Waals surface area contributed by atoms with Crippen molar-refractivity contribution < 1.29 is 0 Å². The Labute approximate surface area is 123 Å². The molecule has 3 aromatic carbocycles. The van der Waals surface area contributed by atoms with Crippen molar-refractivity contribution in [2.75, 3.05) is 0 Å². The van der Waals surface area contributed by atoms with Crippen molar-refractivity contribution >= 4 is 22.9 Å². The molecule has 0 atom stereocenters. The molecule has 2 aliphatic carbocycles. The second-order valence-corrected chi connectivity index (χ2v) is 5.72. The lowest BCUT2D eigenvalue weighted by molar-refractivity contribution is 1.41. The first-order valence-electron chi connectivity index (χ1n) is 7.29. The van der Waals surface area contributed by atoms with Crippen molar-refractivity contribution in [1.29, 1.82) is 0 Å². The van der Waals surface area contributed by atoms with Gasteiger partial charge in [0.1, 0.15) is 0 Å². The molecular weight excluding hydrogens is 252 g/mol. The largest absolute Gasteiger partial charge is 0.0760 e. The van der Waals surface area contributed by atoms with E-state index in [2.05, 4.69) is 79.3 Å². The molecule has 0 heteroatoms. The Bertz CT molecular complexity index is 1050. The van der Waals surface area contributed by atoms with Crippen LogP contribution >= 0.6 is 0 Å². The summed E-state index contributed by atoms with van der Waals surface area (Å²) in [6.45, 7) is 0. The third-order valence-corrected chi connectivity index (χ3v) is 4.44. The fourth-order valence-electron chi connectivity index (χ4n) is 3.39. The van der Waals surface area contributed by atoms with E-state index < -0.39 is 0 Å². The molecule has 3 aromatic rings. The van der Waals surface area contributed by atoms with E-state index >= 15 is 0 Å². The van der Waals surface area contributed by atoms with Gasteiger partial charge < -0.3 is 0 Å². The second kappa shape index (κ2) is 3.95. The molecule has 5 rings (SSSR count). The molecule has 0 aliphatic heterocycles. The fraction of sp³-hybridized carbons (Fsp3) is 0. The molecule has 2 aliphatic rings. The van der Waals surface area contributed by atoms with Crippen LogP contribution in [0.3, 0.4) is 0 Å². The minimum atomic E-state index is 1.31. The molecular formula is C21H13. The van der Waals surface area contributed by atoms with E-state index in [1.54, 1.807) is 0 Å². The number of hydrogen-bond donors (Lipinski definition) is 0. The maximum absolute atomic E-state index is 2.32. The Hall–Kier alpha value is -2.60. The highest BCUT2D eigenvalue weighted by Gasteiger charge is 2.14. The monoisotopic (exact) mass is 265 g/mol. The molecule has 0 aromatic heterocycles. The molecule has 1 radical (unpaired) electrons. The fourth-order valence-corrected chi connectivity index (χ4v) is 3.39. The lowest BCUT2D eigenvalue weighted by atomic mass is 9.96. The van der Waals surface area contributed by atoms with E-state index in [-0.39, 0.29) is 0 Å². The first-order valence-corrected chi connectivity index (χ1v) is 7.29. The summed E-state index contributed by atoms with van der Waals surface area (Å²) in [7, 11) is 0. The summed E-state index contributed by atoms with van der Waals surface area (Å²) in [6.07, 6.45) is 10.9. The van der Waals surface area contributed by atoms with Gasteiger partial charge in [0.25, 0.3) is 0 Å². The van der Waals surface area contributed by atoms with Crippen molar-refractivity contribution in [2.45, 2.75) is 0 Å². The highest BCUT2D eigenvalue weighted by Crippen LogP contribution is 2.30. The van der Waals surface area contributed by atoms with Gasteiger partial charge in [-0.05, 0) is 73.8 Å². The summed E-state index contributed by atoms with van der Waals surface area (Å²) in [5.41, 5.74) is 5.35. The normalized spacial score (nSPS) is 14.1. The van der Waals surface area contributed by atoms with Gasteiger partial charge in [-0.15, -0.1) is 0 Å². The molecule has 0 heterocycles. The van der Waals surface area contributed by atoms with Crippen LogP contribution in [0.25, 0.3) is 34.1 Å². The average Bonchev–Trinajstić information content (AvgIpc) is 2.87. The van der Waals surface area contributed by atoms with Gasteiger partial charge in [-0.25, -0.2) is 0 Å². The predicted molar refractivity (Wildman–Crippen MR) is 89.2 cm³/mol. The highest BCUT2D eigenvalue weighted by atomic mass is 14.2. The van der Waals surface area contributed by atoms with Gasteiger partial charge in [0.05, 0.1) is 0 Å². The van der Waals surface area contributed by atoms with Crippen LogP contribution in [-0.2, 0) is 0 Å². The number of rotatable bonds is 0. The molecule has 0 N–H and O–H groups in total. The Balaban J connectivity index is 1.86. The van der Waals surface area contributed by atoms with Gasteiger partial charge in [0, 0.05) is 6.42 Å². The van der Waals surface area contributed by atoms with E-state index in [0.717, 1.165) is 0 Å². The quantitative estimate of drug-likeness (QED) is 0.456. The van der Waals surface area contributed by atoms with Crippen molar-refractivity contribution in [2.24, 2.45) is 0 Å². The van der Waals surface area contributed by atoms with Crippen molar-refractivity contribution in [1.82, 2.24) is 0 Å². The van der Waals surface area contributed by atoms with Gasteiger partial charge in [-0.3, -0.25) is 0 Å². The zero-order chi connectivity index (χ0) is 13.8. The van der Waals surface area contributed by atoms with Crippen LogP contribution < -0.4 is 10.4 Å². The topological polar surface area (TPSA) is 0 Å². The van der Waals surface area contributed by atoms with Gasteiger partial charge in [0.15, 0.2) is 0 Å². The summed E-state index contributed by atoms with van der Waals surface area (Å²) in [5, 5.41) is 5.26. The van der Waals surface area contributed by atoms with E-state index in [1.165, 1.54) is 43.5 Å². The summed E-state index contributed by atoms with van der Waals surface area (Å²) in [5.74, 6) is 0. The van der Waals surface area contributed by atoms with E-state index in [9.17, 15) is 0 Å². The summed E-state index contributed by atoms with van der Waals surface area (Å²) in [6, 6.07) is 17.8. The Morgan fingerprint density at radius 3 is 2.38 bits per heavy atom.